The molecule has 31 heavy (non-hydrogen) atoms. The van der Waals surface area contributed by atoms with Gasteiger partial charge in [-0.05, 0) is 71.5 Å². The molecule has 0 aliphatic rings. The summed E-state index contributed by atoms with van der Waals surface area (Å²) in [6.45, 7) is 5.97. The van der Waals surface area contributed by atoms with Gasteiger partial charge in [-0.2, -0.15) is 13.2 Å². The zero-order chi connectivity index (χ0) is 22.8. The highest BCUT2D eigenvalue weighted by Gasteiger charge is 2.30. The number of benzene rings is 3. The summed E-state index contributed by atoms with van der Waals surface area (Å²) in [5.74, 6) is 0.336. The number of ether oxygens (including phenoxy) is 1. The lowest BCUT2D eigenvalue weighted by atomic mass is 9.97. The van der Waals surface area contributed by atoms with Crippen LogP contribution in [0.3, 0.4) is 0 Å². The second-order valence-electron chi connectivity index (χ2n) is 7.82. The third kappa shape index (κ3) is 5.26. The summed E-state index contributed by atoms with van der Waals surface area (Å²) < 4.78 is 44.6. The van der Waals surface area contributed by atoms with Crippen LogP contribution in [0.1, 0.15) is 47.0 Å². The third-order valence-corrected chi connectivity index (χ3v) is 5.11. The predicted molar refractivity (Wildman–Crippen MR) is 115 cm³/mol. The number of carbonyl (C=O) groups excluding carboxylic acids is 1. The molecule has 0 aliphatic carbocycles. The lowest BCUT2D eigenvalue weighted by molar-refractivity contribution is -0.137. The van der Waals surface area contributed by atoms with Crippen molar-refractivity contribution in [3.8, 4) is 16.9 Å². The largest absolute Gasteiger partial charge is 0.485 e. The second-order valence-corrected chi connectivity index (χ2v) is 7.82. The van der Waals surface area contributed by atoms with Gasteiger partial charge in [0.15, 0.2) is 0 Å². The summed E-state index contributed by atoms with van der Waals surface area (Å²) in [7, 11) is 0. The molecular formula is C25H24F3NO2. The van der Waals surface area contributed by atoms with Crippen molar-refractivity contribution in [3.05, 3.63) is 89.0 Å². The highest BCUT2D eigenvalue weighted by Crippen LogP contribution is 2.34. The van der Waals surface area contributed by atoms with Gasteiger partial charge >= 0.3 is 6.18 Å². The number of nitrogens with two attached hydrogens (primary N) is 1. The fraction of sp³-hybridized carbons (Fsp3) is 0.240. The molecule has 0 spiro atoms. The first-order valence-corrected chi connectivity index (χ1v) is 9.91. The van der Waals surface area contributed by atoms with Gasteiger partial charge in [-0.25, -0.2) is 0 Å². The van der Waals surface area contributed by atoms with Crippen LogP contribution < -0.4 is 10.5 Å². The molecule has 3 rings (SSSR count). The highest BCUT2D eigenvalue weighted by atomic mass is 19.4. The van der Waals surface area contributed by atoms with E-state index >= 15 is 0 Å². The molecule has 2 N–H and O–H groups in total. The van der Waals surface area contributed by atoms with E-state index in [2.05, 4.69) is 0 Å². The molecule has 3 nitrogen and oxygen atoms in total. The van der Waals surface area contributed by atoms with Crippen molar-refractivity contribution in [2.24, 2.45) is 11.7 Å². The highest BCUT2D eigenvalue weighted by molar-refractivity contribution is 5.92. The summed E-state index contributed by atoms with van der Waals surface area (Å²) in [6, 6.07) is 17.7. The number of hydrogen-bond donors (Lipinski definition) is 1. The summed E-state index contributed by atoms with van der Waals surface area (Å²) in [5, 5.41) is 0. The zero-order valence-electron chi connectivity index (χ0n) is 17.5. The van der Waals surface area contributed by atoms with Crippen molar-refractivity contribution in [1.29, 1.82) is 0 Å². The maximum absolute atomic E-state index is 12.8. The molecule has 0 aliphatic heterocycles. The van der Waals surface area contributed by atoms with Gasteiger partial charge in [0.2, 0.25) is 5.91 Å². The Morgan fingerprint density at radius 2 is 1.55 bits per heavy atom. The van der Waals surface area contributed by atoms with Gasteiger partial charge in [-0.1, -0.05) is 44.2 Å². The number of rotatable bonds is 6. The van der Waals surface area contributed by atoms with Gasteiger partial charge in [-0.15, -0.1) is 0 Å². The van der Waals surface area contributed by atoms with Crippen LogP contribution in [0.25, 0.3) is 11.1 Å². The van der Waals surface area contributed by atoms with Crippen LogP contribution in [-0.2, 0) is 6.18 Å². The van der Waals surface area contributed by atoms with E-state index in [1.165, 1.54) is 12.1 Å². The molecule has 0 radical (unpaired) electrons. The Kier molecular flexibility index (Phi) is 6.39. The second kappa shape index (κ2) is 8.84. The molecule has 3 aromatic carbocycles. The van der Waals surface area contributed by atoms with Crippen molar-refractivity contribution in [3.63, 3.8) is 0 Å². The van der Waals surface area contributed by atoms with E-state index in [4.69, 9.17) is 10.5 Å². The van der Waals surface area contributed by atoms with Crippen molar-refractivity contribution >= 4 is 5.91 Å². The molecule has 1 amide bonds. The normalized spacial score (nSPS) is 12.6. The number of hydrogen-bond acceptors (Lipinski definition) is 2. The summed E-state index contributed by atoms with van der Waals surface area (Å²) >= 11 is 0. The standard InChI is InChI=1S/C25H24F3NO2/c1-15(2)23(18-4-6-19(7-5-18)24(29)30)31-21-12-13-22(16(3)14-21)17-8-10-20(11-9-17)25(26,27)28/h4-15,23H,1-3H3,(H2,29,30). The smallest absolute Gasteiger partial charge is 0.416 e. The van der Waals surface area contributed by atoms with Crippen molar-refractivity contribution < 1.29 is 22.7 Å². The Hall–Kier alpha value is -3.28. The first kappa shape index (κ1) is 22.4. The van der Waals surface area contributed by atoms with Gasteiger partial charge in [-0.3, -0.25) is 4.79 Å². The number of aryl methyl sites for hydroxylation is 1. The van der Waals surface area contributed by atoms with Gasteiger partial charge in [0.05, 0.1) is 5.56 Å². The van der Waals surface area contributed by atoms with E-state index in [1.54, 1.807) is 12.1 Å². The average Bonchev–Trinajstić information content (AvgIpc) is 2.71. The lowest BCUT2D eigenvalue weighted by Crippen LogP contribution is -2.15. The van der Waals surface area contributed by atoms with E-state index in [-0.39, 0.29) is 12.0 Å². The fourth-order valence-corrected chi connectivity index (χ4v) is 3.44. The lowest BCUT2D eigenvalue weighted by Gasteiger charge is -2.24. The van der Waals surface area contributed by atoms with Crippen molar-refractivity contribution in [1.82, 2.24) is 0 Å². The van der Waals surface area contributed by atoms with E-state index in [9.17, 15) is 18.0 Å². The zero-order valence-corrected chi connectivity index (χ0v) is 17.5. The number of halogens is 3. The summed E-state index contributed by atoms with van der Waals surface area (Å²) in [6.07, 6.45) is -4.59. The van der Waals surface area contributed by atoms with Crippen LogP contribution in [0.2, 0.25) is 0 Å². The Balaban J connectivity index is 1.83. The van der Waals surface area contributed by atoms with E-state index in [1.807, 2.05) is 51.1 Å². The minimum Gasteiger partial charge on any atom is -0.485 e. The van der Waals surface area contributed by atoms with Crippen LogP contribution in [0, 0.1) is 12.8 Å². The molecule has 0 aromatic heterocycles. The molecule has 3 aromatic rings. The topological polar surface area (TPSA) is 52.3 Å². The molecule has 0 saturated carbocycles. The SMILES string of the molecule is Cc1cc(OC(c2ccc(C(N)=O)cc2)C(C)C)ccc1-c1ccc(C(F)(F)F)cc1. The predicted octanol–water partition coefficient (Wildman–Crippen LogP) is 6.56. The molecule has 0 bridgehead atoms. The van der Waals surface area contributed by atoms with Gasteiger partial charge in [0.25, 0.3) is 0 Å². The quantitative estimate of drug-likeness (QED) is 0.485. The Morgan fingerprint density at radius 1 is 0.935 bits per heavy atom. The van der Waals surface area contributed by atoms with E-state index in [0.717, 1.165) is 28.8 Å². The first-order chi connectivity index (χ1) is 14.6. The van der Waals surface area contributed by atoms with Gasteiger partial charge in [0, 0.05) is 5.56 Å². The van der Waals surface area contributed by atoms with Crippen LogP contribution in [0.4, 0.5) is 13.2 Å². The first-order valence-electron chi connectivity index (χ1n) is 9.91. The minimum atomic E-state index is -4.35. The average molecular weight is 427 g/mol. The maximum atomic E-state index is 12.8. The molecule has 1 atom stereocenters. The van der Waals surface area contributed by atoms with Gasteiger partial charge in [0.1, 0.15) is 11.9 Å². The molecular weight excluding hydrogens is 403 g/mol. The molecule has 162 valence electrons. The molecule has 0 saturated heterocycles. The monoisotopic (exact) mass is 427 g/mol. The van der Waals surface area contributed by atoms with Crippen LogP contribution >= 0.6 is 0 Å². The van der Waals surface area contributed by atoms with Crippen LogP contribution in [-0.4, -0.2) is 5.91 Å². The minimum absolute atomic E-state index is 0.161. The molecule has 0 fully saturated rings. The molecule has 1 unspecified atom stereocenters. The number of carbonyl (C=O) groups is 1. The van der Waals surface area contributed by atoms with Crippen LogP contribution in [0.15, 0.2) is 66.7 Å². The van der Waals surface area contributed by atoms with E-state index in [0.29, 0.717) is 16.9 Å². The Bertz CT molecular complexity index is 1060. The van der Waals surface area contributed by atoms with Crippen LogP contribution in [0.5, 0.6) is 5.75 Å². The maximum Gasteiger partial charge on any atom is 0.416 e. The number of amides is 1. The fourth-order valence-electron chi connectivity index (χ4n) is 3.44. The summed E-state index contributed by atoms with van der Waals surface area (Å²) in [4.78, 5) is 11.3. The number of primary amides is 1. The Labute approximate surface area is 179 Å². The van der Waals surface area contributed by atoms with Crippen molar-refractivity contribution in [2.75, 3.05) is 0 Å². The third-order valence-electron chi connectivity index (χ3n) is 5.11. The Morgan fingerprint density at radius 3 is 2.03 bits per heavy atom. The molecule has 6 heteroatoms. The van der Waals surface area contributed by atoms with E-state index < -0.39 is 17.6 Å². The van der Waals surface area contributed by atoms with Gasteiger partial charge < -0.3 is 10.5 Å². The summed E-state index contributed by atoms with van der Waals surface area (Å²) in [5.41, 5.74) is 8.43. The number of alkyl halides is 3. The molecule has 0 heterocycles. The van der Waals surface area contributed by atoms with Crippen molar-refractivity contribution in [2.45, 2.75) is 33.1 Å².